The van der Waals surface area contributed by atoms with Crippen LogP contribution in [0, 0.1) is 6.92 Å². The van der Waals surface area contributed by atoms with E-state index >= 15 is 0 Å². The van der Waals surface area contributed by atoms with Gasteiger partial charge in [-0.3, -0.25) is 4.98 Å². The predicted octanol–water partition coefficient (Wildman–Crippen LogP) is 3.73. The summed E-state index contributed by atoms with van der Waals surface area (Å²) in [5, 5.41) is 0.734. The van der Waals surface area contributed by atoms with Crippen LogP contribution in [-0.4, -0.2) is 4.98 Å². The van der Waals surface area contributed by atoms with Gasteiger partial charge in [0.05, 0.1) is 5.69 Å². The van der Waals surface area contributed by atoms with Crippen molar-refractivity contribution < 1.29 is 0 Å². The summed E-state index contributed by atoms with van der Waals surface area (Å²) in [4.78, 5) is 4.57. The molecule has 1 unspecified atom stereocenters. The van der Waals surface area contributed by atoms with Crippen LogP contribution < -0.4 is 5.73 Å². The molecule has 0 aliphatic rings. The van der Waals surface area contributed by atoms with E-state index < -0.39 is 0 Å². The first-order chi connectivity index (χ1) is 8.08. The molecule has 1 aromatic heterocycles. The van der Waals surface area contributed by atoms with Gasteiger partial charge >= 0.3 is 0 Å². The van der Waals surface area contributed by atoms with Crippen molar-refractivity contribution >= 4 is 11.6 Å². The van der Waals surface area contributed by atoms with Gasteiger partial charge in [-0.25, -0.2) is 0 Å². The smallest absolute Gasteiger partial charge is 0.0705 e. The summed E-state index contributed by atoms with van der Waals surface area (Å²) in [6, 6.07) is 11.7. The van der Waals surface area contributed by atoms with Crippen molar-refractivity contribution in [3.05, 3.63) is 52.7 Å². The van der Waals surface area contributed by atoms with Gasteiger partial charge in [0, 0.05) is 22.3 Å². The third-order valence-electron chi connectivity index (χ3n) is 2.76. The monoisotopic (exact) mass is 246 g/mol. The van der Waals surface area contributed by atoms with E-state index in [0.717, 1.165) is 27.5 Å². The summed E-state index contributed by atoms with van der Waals surface area (Å²) < 4.78 is 0. The van der Waals surface area contributed by atoms with E-state index in [9.17, 15) is 0 Å². The molecule has 0 saturated heterocycles. The van der Waals surface area contributed by atoms with Crippen molar-refractivity contribution in [2.75, 3.05) is 0 Å². The second-order valence-corrected chi connectivity index (χ2v) is 4.60. The largest absolute Gasteiger partial charge is 0.324 e. The molecule has 0 fully saturated rings. The van der Waals surface area contributed by atoms with Crippen molar-refractivity contribution in [3.8, 4) is 11.3 Å². The van der Waals surface area contributed by atoms with Gasteiger partial charge < -0.3 is 5.73 Å². The van der Waals surface area contributed by atoms with E-state index in [4.69, 9.17) is 17.3 Å². The van der Waals surface area contributed by atoms with Crippen LogP contribution in [0.4, 0.5) is 0 Å². The van der Waals surface area contributed by atoms with Crippen molar-refractivity contribution in [2.45, 2.75) is 19.9 Å². The molecular weight excluding hydrogens is 232 g/mol. The van der Waals surface area contributed by atoms with Gasteiger partial charge in [0.2, 0.25) is 0 Å². The van der Waals surface area contributed by atoms with E-state index in [1.165, 1.54) is 0 Å². The number of hydrogen-bond acceptors (Lipinski definition) is 2. The molecule has 1 heterocycles. The highest BCUT2D eigenvalue weighted by molar-refractivity contribution is 6.30. The first-order valence-corrected chi connectivity index (χ1v) is 5.95. The topological polar surface area (TPSA) is 38.9 Å². The molecule has 2 nitrogen and oxygen atoms in total. The minimum Gasteiger partial charge on any atom is -0.324 e. The highest BCUT2D eigenvalue weighted by atomic mass is 35.5. The van der Waals surface area contributed by atoms with E-state index in [0.29, 0.717) is 0 Å². The van der Waals surface area contributed by atoms with Crippen LogP contribution in [-0.2, 0) is 0 Å². The lowest BCUT2D eigenvalue weighted by atomic mass is 10.1. The lowest BCUT2D eigenvalue weighted by Gasteiger charge is -2.10. The van der Waals surface area contributed by atoms with Crippen LogP contribution in [0.25, 0.3) is 11.3 Å². The first-order valence-electron chi connectivity index (χ1n) is 5.57. The molecule has 0 radical (unpaired) electrons. The molecule has 1 aromatic carbocycles. The molecule has 3 heteroatoms. The number of rotatable bonds is 2. The van der Waals surface area contributed by atoms with Crippen LogP contribution in [0.15, 0.2) is 36.4 Å². The fourth-order valence-corrected chi connectivity index (χ4v) is 1.96. The first kappa shape index (κ1) is 12.1. The molecule has 0 spiro atoms. The highest BCUT2D eigenvalue weighted by Crippen LogP contribution is 2.22. The molecule has 0 aliphatic carbocycles. The number of nitrogens with zero attached hydrogens (tertiary/aromatic N) is 1. The summed E-state index contributed by atoms with van der Waals surface area (Å²) in [5.41, 5.74) is 9.94. The van der Waals surface area contributed by atoms with Crippen molar-refractivity contribution in [1.82, 2.24) is 4.98 Å². The zero-order valence-electron chi connectivity index (χ0n) is 9.94. The fourth-order valence-electron chi connectivity index (χ4n) is 1.83. The van der Waals surface area contributed by atoms with Crippen LogP contribution >= 0.6 is 11.6 Å². The normalized spacial score (nSPS) is 12.5. The summed E-state index contributed by atoms with van der Waals surface area (Å²) >= 11 is 5.86. The van der Waals surface area contributed by atoms with Gasteiger partial charge in [0.15, 0.2) is 0 Å². The Kier molecular flexibility index (Phi) is 3.46. The molecule has 17 heavy (non-hydrogen) atoms. The maximum atomic E-state index is 5.87. The number of hydrogen-bond donors (Lipinski definition) is 1. The maximum Gasteiger partial charge on any atom is 0.0705 e. The molecule has 88 valence electrons. The molecule has 0 bridgehead atoms. The Morgan fingerprint density at radius 2 is 1.76 bits per heavy atom. The van der Waals surface area contributed by atoms with Gasteiger partial charge in [0.1, 0.15) is 0 Å². The molecule has 0 amide bonds. The summed E-state index contributed by atoms with van der Waals surface area (Å²) in [6.07, 6.45) is 0. The van der Waals surface area contributed by atoms with E-state index in [1.807, 2.05) is 50.2 Å². The number of nitrogens with two attached hydrogens (primary N) is 1. The van der Waals surface area contributed by atoms with Gasteiger partial charge in [-0.05, 0) is 37.6 Å². The number of pyridine rings is 1. The quantitative estimate of drug-likeness (QED) is 0.877. The zero-order valence-corrected chi connectivity index (χ0v) is 10.7. The lowest BCUT2D eigenvalue weighted by Crippen LogP contribution is -2.08. The number of aromatic nitrogens is 1. The predicted molar refractivity (Wildman–Crippen MR) is 72.0 cm³/mol. The van der Waals surface area contributed by atoms with Gasteiger partial charge in [-0.1, -0.05) is 29.8 Å². The molecule has 2 aromatic rings. The molecule has 1 atom stereocenters. The van der Waals surface area contributed by atoms with E-state index in [2.05, 4.69) is 4.98 Å². The Morgan fingerprint density at radius 3 is 2.29 bits per heavy atom. The Bertz CT molecular complexity index is 518. The Morgan fingerprint density at radius 1 is 1.12 bits per heavy atom. The zero-order chi connectivity index (χ0) is 12.4. The Labute approximate surface area is 106 Å². The second-order valence-electron chi connectivity index (χ2n) is 4.17. The lowest BCUT2D eigenvalue weighted by molar-refractivity contribution is 0.800. The number of halogens is 1. The highest BCUT2D eigenvalue weighted by Gasteiger charge is 2.06. The number of benzene rings is 1. The molecular formula is C14H15ClN2. The van der Waals surface area contributed by atoms with Crippen molar-refractivity contribution in [1.29, 1.82) is 0 Å². The summed E-state index contributed by atoms with van der Waals surface area (Å²) in [5.74, 6) is 0. The summed E-state index contributed by atoms with van der Waals surface area (Å²) in [6.45, 7) is 3.95. The van der Waals surface area contributed by atoms with E-state index in [1.54, 1.807) is 0 Å². The standard InChI is InChI=1S/C14H15ClN2/c1-9(16)13-7-8-14(17-10(13)2)11-3-5-12(15)6-4-11/h3-9H,16H2,1-2H3. The molecule has 2 N–H and O–H groups in total. The minimum atomic E-state index is 0.0155. The Hall–Kier alpha value is -1.38. The molecule has 2 rings (SSSR count). The average Bonchev–Trinajstić information content (AvgIpc) is 2.29. The fraction of sp³-hybridized carbons (Fsp3) is 0.214. The van der Waals surface area contributed by atoms with Crippen LogP contribution in [0.5, 0.6) is 0 Å². The molecule has 0 aliphatic heterocycles. The average molecular weight is 247 g/mol. The number of aryl methyl sites for hydroxylation is 1. The van der Waals surface area contributed by atoms with Gasteiger partial charge in [-0.15, -0.1) is 0 Å². The Balaban J connectivity index is 2.41. The molecule has 0 saturated carbocycles. The minimum absolute atomic E-state index is 0.0155. The van der Waals surface area contributed by atoms with Crippen molar-refractivity contribution in [2.24, 2.45) is 5.73 Å². The van der Waals surface area contributed by atoms with Gasteiger partial charge in [-0.2, -0.15) is 0 Å². The van der Waals surface area contributed by atoms with Crippen LogP contribution in [0.1, 0.15) is 24.2 Å². The maximum absolute atomic E-state index is 5.87. The van der Waals surface area contributed by atoms with Gasteiger partial charge in [0.25, 0.3) is 0 Å². The van der Waals surface area contributed by atoms with Crippen LogP contribution in [0.2, 0.25) is 5.02 Å². The summed E-state index contributed by atoms with van der Waals surface area (Å²) in [7, 11) is 0. The van der Waals surface area contributed by atoms with E-state index in [-0.39, 0.29) is 6.04 Å². The SMILES string of the molecule is Cc1nc(-c2ccc(Cl)cc2)ccc1C(C)N. The van der Waals surface area contributed by atoms with Crippen molar-refractivity contribution in [3.63, 3.8) is 0 Å². The van der Waals surface area contributed by atoms with Crippen LogP contribution in [0.3, 0.4) is 0 Å². The third-order valence-corrected chi connectivity index (χ3v) is 3.01. The second kappa shape index (κ2) is 4.86. The third kappa shape index (κ3) is 2.65.